The van der Waals surface area contributed by atoms with Crippen LogP contribution in [-0.4, -0.2) is 11.4 Å². The second kappa shape index (κ2) is 7.69. The van der Waals surface area contributed by atoms with Crippen LogP contribution in [0.15, 0.2) is 70.6 Å². The van der Waals surface area contributed by atoms with E-state index in [1.54, 1.807) is 0 Å². The van der Waals surface area contributed by atoms with Gasteiger partial charge < -0.3 is 0 Å². The highest BCUT2D eigenvalue weighted by molar-refractivity contribution is 6.40. The van der Waals surface area contributed by atoms with Crippen LogP contribution in [0.1, 0.15) is 50.9 Å². The molecule has 2 rings (SSSR count). The van der Waals surface area contributed by atoms with Crippen molar-refractivity contribution in [1.82, 2.24) is 0 Å². The van der Waals surface area contributed by atoms with Gasteiger partial charge in [0, 0.05) is 0 Å². The van der Waals surface area contributed by atoms with Crippen LogP contribution in [0.5, 0.6) is 0 Å². The summed E-state index contributed by atoms with van der Waals surface area (Å²) in [6, 6.07) is 21.0. The lowest BCUT2D eigenvalue weighted by Crippen LogP contribution is -2.09. The Labute approximate surface area is 133 Å². The van der Waals surface area contributed by atoms with Crippen molar-refractivity contribution in [2.45, 2.75) is 39.8 Å². The van der Waals surface area contributed by atoms with Crippen LogP contribution in [-0.2, 0) is 0 Å². The van der Waals surface area contributed by atoms with Gasteiger partial charge in [0.05, 0.1) is 23.5 Å². The van der Waals surface area contributed by atoms with Crippen molar-refractivity contribution in [3.05, 3.63) is 71.8 Å². The van der Waals surface area contributed by atoms with Crippen LogP contribution >= 0.6 is 0 Å². The van der Waals surface area contributed by atoms with E-state index in [1.165, 1.54) is 11.1 Å². The molecule has 2 aromatic carbocycles. The molecule has 2 atom stereocenters. The Kier molecular flexibility index (Phi) is 5.65. The van der Waals surface area contributed by atoms with Gasteiger partial charge in [0.2, 0.25) is 0 Å². The van der Waals surface area contributed by atoms with Crippen LogP contribution in [0.4, 0.5) is 0 Å². The molecule has 0 radical (unpaired) electrons. The molecular weight excluding hydrogens is 268 g/mol. The molecule has 0 bridgehead atoms. The normalized spacial score (nSPS) is 15.5. The SMILES string of the molecule is CC(=N[C@H](C)c1ccccc1)C(C)=N[C@H](C)c1ccccc1. The lowest BCUT2D eigenvalue weighted by molar-refractivity contribution is 0.812. The average molecular weight is 292 g/mol. The molecule has 0 aliphatic carbocycles. The van der Waals surface area contributed by atoms with E-state index in [9.17, 15) is 0 Å². The molecule has 0 saturated heterocycles. The van der Waals surface area contributed by atoms with Gasteiger partial charge in [-0.15, -0.1) is 0 Å². The molecule has 0 aliphatic heterocycles. The Morgan fingerprint density at radius 3 is 1.27 bits per heavy atom. The zero-order valence-corrected chi connectivity index (χ0v) is 13.8. The van der Waals surface area contributed by atoms with Gasteiger partial charge in [-0.05, 0) is 38.8 Å². The van der Waals surface area contributed by atoms with E-state index in [1.807, 2.05) is 26.0 Å². The highest BCUT2D eigenvalue weighted by Crippen LogP contribution is 2.18. The summed E-state index contributed by atoms with van der Waals surface area (Å²) in [5, 5.41) is 0. The van der Waals surface area contributed by atoms with E-state index in [2.05, 4.69) is 62.4 Å². The molecule has 2 aromatic rings. The number of benzene rings is 2. The Balaban J connectivity index is 2.12. The first-order valence-electron chi connectivity index (χ1n) is 7.77. The van der Waals surface area contributed by atoms with Gasteiger partial charge in [-0.2, -0.15) is 0 Å². The van der Waals surface area contributed by atoms with E-state index in [0.29, 0.717) is 0 Å². The van der Waals surface area contributed by atoms with Gasteiger partial charge in [0.15, 0.2) is 0 Å². The van der Waals surface area contributed by atoms with E-state index in [0.717, 1.165) is 11.4 Å². The molecular formula is C20H24N2. The van der Waals surface area contributed by atoms with Gasteiger partial charge >= 0.3 is 0 Å². The maximum Gasteiger partial charge on any atom is 0.0724 e. The number of hydrogen-bond donors (Lipinski definition) is 0. The van der Waals surface area contributed by atoms with Gasteiger partial charge in [0.1, 0.15) is 0 Å². The predicted octanol–water partition coefficient (Wildman–Crippen LogP) is 5.43. The van der Waals surface area contributed by atoms with Crippen LogP contribution < -0.4 is 0 Å². The van der Waals surface area contributed by atoms with Gasteiger partial charge in [-0.25, -0.2) is 0 Å². The Morgan fingerprint density at radius 2 is 0.955 bits per heavy atom. The minimum atomic E-state index is 0.151. The fourth-order valence-electron chi connectivity index (χ4n) is 2.38. The predicted molar refractivity (Wildman–Crippen MR) is 95.9 cm³/mol. The molecule has 2 heteroatoms. The second-order valence-corrected chi connectivity index (χ2v) is 5.60. The summed E-state index contributed by atoms with van der Waals surface area (Å²) in [4.78, 5) is 9.56. The molecule has 0 spiro atoms. The maximum absolute atomic E-state index is 4.78. The highest BCUT2D eigenvalue weighted by Gasteiger charge is 2.07. The Bertz CT molecular complexity index is 582. The second-order valence-electron chi connectivity index (χ2n) is 5.60. The lowest BCUT2D eigenvalue weighted by Gasteiger charge is -2.11. The summed E-state index contributed by atoms with van der Waals surface area (Å²) >= 11 is 0. The zero-order chi connectivity index (χ0) is 15.9. The van der Waals surface area contributed by atoms with Crippen molar-refractivity contribution in [1.29, 1.82) is 0 Å². The van der Waals surface area contributed by atoms with Crippen LogP contribution in [0.25, 0.3) is 0 Å². The average Bonchev–Trinajstić information content (AvgIpc) is 2.56. The molecule has 0 aromatic heterocycles. The van der Waals surface area contributed by atoms with Crippen molar-refractivity contribution in [2.75, 3.05) is 0 Å². The van der Waals surface area contributed by atoms with Crippen LogP contribution in [0, 0.1) is 0 Å². The lowest BCUT2D eigenvalue weighted by atomic mass is 10.1. The van der Waals surface area contributed by atoms with Crippen LogP contribution in [0.2, 0.25) is 0 Å². The monoisotopic (exact) mass is 292 g/mol. The third-order valence-corrected chi connectivity index (χ3v) is 3.86. The van der Waals surface area contributed by atoms with Gasteiger partial charge in [0.25, 0.3) is 0 Å². The third-order valence-electron chi connectivity index (χ3n) is 3.86. The molecule has 0 heterocycles. The van der Waals surface area contributed by atoms with Gasteiger partial charge in [-0.3, -0.25) is 9.98 Å². The largest absolute Gasteiger partial charge is 0.280 e. The van der Waals surface area contributed by atoms with Crippen molar-refractivity contribution in [3.8, 4) is 0 Å². The molecule has 0 unspecified atom stereocenters. The first kappa shape index (κ1) is 16.2. The molecule has 0 saturated carbocycles. The third kappa shape index (κ3) is 4.39. The molecule has 0 fully saturated rings. The summed E-state index contributed by atoms with van der Waals surface area (Å²) in [6.07, 6.45) is 0. The summed E-state index contributed by atoms with van der Waals surface area (Å²) in [7, 11) is 0. The quantitative estimate of drug-likeness (QED) is 0.656. The standard InChI is InChI=1S/C20H24N2/c1-15(21-17(3)19-11-7-5-8-12-19)16(2)22-18(4)20-13-9-6-10-14-20/h5-14,17-18H,1-4H3/t17-,18-/m1/s1. The van der Waals surface area contributed by atoms with Gasteiger partial charge in [-0.1, -0.05) is 60.7 Å². The Morgan fingerprint density at radius 1 is 0.636 bits per heavy atom. The Hall–Kier alpha value is -2.22. The molecule has 22 heavy (non-hydrogen) atoms. The number of nitrogens with zero attached hydrogens (tertiary/aromatic N) is 2. The van der Waals surface area contributed by atoms with Crippen molar-refractivity contribution in [3.63, 3.8) is 0 Å². The maximum atomic E-state index is 4.78. The molecule has 0 amide bonds. The van der Waals surface area contributed by atoms with E-state index < -0.39 is 0 Å². The van der Waals surface area contributed by atoms with Crippen molar-refractivity contribution in [2.24, 2.45) is 9.98 Å². The van der Waals surface area contributed by atoms with E-state index >= 15 is 0 Å². The summed E-state index contributed by atoms with van der Waals surface area (Å²) in [5.74, 6) is 0. The smallest absolute Gasteiger partial charge is 0.0724 e. The fourth-order valence-corrected chi connectivity index (χ4v) is 2.38. The first-order valence-corrected chi connectivity index (χ1v) is 7.77. The van der Waals surface area contributed by atoms with Crippen molar-refractivity contribution >= 4 is 11.4 Å². The number of hydrogen-bond acceptors (Lipinski definition) is 2. The summed E-state index contributed by atoms with van der Waals surface area (Å²) in [6.45, 7) is 8.31. The number of rotatable bonds is 5. The van der Waals surface area contributed by atoms with Crippen molar-refractivity contribution < 1.29 is 0 Å². The zero-order valence-electron chi connectivity index (χ0n) is 13.8. The van der Waals surface area contributed by atoms with E-state index in [-0.39, 0.29) is 12.1 Å². The molecule has 114 valence electrons. The summed E-state index contributed by atoms with van der Waals surface area (Å²) in [5.41, 5.74) is 4.45. The van der Waals surface area contributed by atoms with E-state index in [4.69, 9.17) is 9.98 Å². The molecule has 2 nitrogen and oxygen atoms in total. The minimum absolute atomic E-state index is 0.151. The number of aliphatic imine (C=N–C) groups is 2. The minimum Gasteiger partial charge on any atom is -0.280 e. The highest BCUT2D eigenvalue weighted by atomic mass is 14.8. The fraction of sp³-hybridized carbons (Fsp3) is 0.300. The summed E-state index contributed by atoms with van der Waals surface area (Å²) < 4.78 is 0. The first-order chi connectivity index (χ1) is 10.6. The van der Waals surface area contributed by atoms with Crippen LogP contribution in [0.3, 0.4) is 0 Å². The molecule has 0 aliphatic rings. The topological polar surface area (TPSA) is 24.7 Å². The molecule has 0 N–H and O–H groups in total.